The van der Waals surface area contributed by atoms with Crippen molar-refractivity contribution in [3.63, 3.8) is 0 Å². The van der Waals surface area contributed by atoms with E-state index in [9.17, 15) is 0 Å². The summed E-state index contributed by atoms with van der Waals surface area (Å²) in [6.45, 7) is 3.01. The number of thiazole rings is 1. The second-order valence-corrected chi connectivity index (χ2v) is 7.35. The van der Waals surface area contributed by atoms with E-state index in [1.165, 1.54) is 47.6 Å². The fourth-order valence-electron chi connectivity index (χ4n) is 3.36. The highest BCUT2D eigenvalue weighted by Gasteiger charge is 2.24. The summed E-state index contributed by atoms with van der Waals surface area (Å²) in [5.41, 5.74) is 1.43. The van der Waals surface area contributed by atoms with Crippen molar-refractivity contribution < 1.29 is 0 Å². The van der Waals surface area contributed by atoms with Crippen LogP contribution in [0.5, 0.6) is 0 Å². The first-order chi connectivity index (χ1) is 10.3. The fraction of sp³-hybridized carbons (Fsp3) is 0.500. The summed E-state index contributed by atoms with van der Waals surface area (Å²) in [7, 11) is 0. The van der Waals surface area contributed by atoms with Crippen LogP contribution in [0.2, 0.25) is 0 Å². The van der Waals surface area contributed by atoms with E-state index in [1.54, 1.807) is 11.3 Å². The van der Waals surface area contributed by atoms with Gasteiger partial charge in [0.05, 0.1) is 0 Å². The largest absolute Gasteiger partial charge is 0.303 e. The first-order valence-corrected chi connectivity index (χ1v) is 8.84. The molecule has 1 atom stereocenters. The number of nitrogens with zero attached hydrogens (tertiary/aromatic N) is 1. The van der Waals surface area contributed by atoms with E-state index in [1.807, 2.05) is 6.20 Å². The van der Waals surface area contributed by atoms with Crippen LogP contribution in [0.3, 0.4) is 0 Å². The molecule has 1 aliphatic carbocycles. The van der Waals surface area contributed by atoms with Crippen LogP contribution in [0.25, 0.3) is 0 Å². The molecular formula is C18H24N2S. The number of nitrogens with one attached hydrogen (secondary N) is 1. The van der Waals surface area contributed by atoms with E-state index in [2.05, 4.69) is 47.6 Å². The van der Waals surface area contributed by atoms with Gasteiger partial charge in [-0.25, -0.2) is 4.98 Å². The minimum absolute atomic E-state index is 0.468. The van der Waals surface area contributed by atoms with Crippen LogP contribution in [0.4, 0.5) is 0 Å². The van der Waals surface area contributed by atoms with Gasteiger partial charge in [0.2, 0.25) is 0 Å². The van der Waals surface area contributed by atoms with Crippen LogP contribution in [0, 0.1) is 12.8 Å². The molecule has 1 aliphatic rings. The highest BCUT2D eigenvalue weighted by Crippen LogP contribution is 2.34. The number of aromatic nitrogens is 1. The monoisotopic (exact) mass is 300 g/mol. The maximum Gasteiger partial charge on any atom is 0.107 e. The van der Waals surface area contributed by atoms with Gasteiger partial charge in [-0.2, -0.15) is 0 Å². The highest BCUT2D eigenvalue weighted by atomic mass is 32.1. The van der Waals surface area contributed by atoms with E-state index >= 15 is 0 Å². The van der Waals surface area contributed by atoms with Gasteiger partial charge < -0.3 is 5.32 Å². The van der Waals surface area contributed by atoms with Gasteiger partial charge in [-0.05, 0) is 31.2 Å². The number of aryl methyl sites for hydroxylation is 1. The van der Waals surface area contributed by atoms with Gasteiger partial charge in [0.1, 0.15) is 5.01 Å². The molecule has 1 heterocycles. The van der Waals surface area contributed by atoms with Crippen LogP contribution in [-0.4, -0.2) is 4.98 Å². The van der Waals surface area contributed by atoms with Gasteiger partial charge in [-0.3, -0.25) is 0 Å². The van der Waals surface area contributed by atoms with Crippen molar-refractivity contribution in [2.45, 2.75) is 51.6 Å². The molecule has 0 saturated heterocycles. The lowest BCUT2D eigenvalue weighted by atomic mass is 9.81. The van der Waals surface area contributed by atoms with Crippen molar-refractivity contribution in [2.75, 3.05) is 0 Å². The average Bonchev–Trinajstić information content (AvgIpc) is 2.95. The van der Waals surface area contributed by atoms with Crippen molar-refractivity contribution >= 4 is 11.3 Å². The number of benzene rings is 1. The zero-order valence-electron chi connectivity index (χ0n) is 12.7. The molecule has 0 aliphatic heterocycles. The van der Waals surface area contributed by atoms with Gasteiger partial charge in [0.25, 0.3) is 0 Å². The first-order valence-electron chi connectivity index (χ1n) is 8.02. The number of hydrogen-bond acceptors (Lipinski definition) is 3. The maximum atomic E-state index is 4.48. The molecule has 3 heteroatoms. The van der Waals surface area contributed by atoms with Crippen LogP contribution in [0.15, 0.2) is 36.5 Å². The molecule has 0 radical (unpaired) electrons. The molecule has 1 unspecified atom stereocenters. The Bertz CT molecular complexity index is 543. The third-order valence-corrected chi connectivity index (χ3v) is 5.34. The van der Waals surface area contributed by atoms with Crippen LogP contribution < -0.4 is 5.32 Å². The van der Waals surface area contributed by atoms with Crippen LogP contribution >= 0.6 is 11.3 Å². The van der Waals surface area contributed by atoms with Crippen molar-refractivity contribution in [3.8, 4) is 0 Å². The Balaban J connectivity index is 1.72. The molecule has 2 aromatic rings. The lowest BCUT2D eigenvalue weighted by Gasteiger charge is -2.31. The van der Waals surface area contributed by atoms with E-state index in [-0.39, 0.29) is 0 Å². The zero-order chi connectivity index (χ0) is 14.5. The van der Waals surface area contributed by atoms with Gasteiger partial charge >= 0.3 is 0 Å². The minimum atomic E-state index is 0.468. The summed E-state index contributed by atoms with van der Waals surface area (Å²) in [6, 6.07) is 11.4. The van der Waals surface area contributed by atoms with E-state index < -0.39 is 0 Å². The predicted octanol–water partition coefficient (Wildman–Crippen LogP) is 4.86. The Morgan fingerprint density at radius 2 is 1.95 bits per heavy atom. The average molecular weight is 300 g/mol. The fourth-order valence-corrected chi connectivity index (χ4v) is 4.10. The third kappa shape index (κ3) is 3.92. The van der Waals surface area contributed by atoms with Gasteiger partial charge in [-0.1, -0.05) is 49.6 Å². The van der Waals surface area contributed by atoms with Crippen molar-refractivity contribution in [1.29, 1.82) is 0 Å². The molecule has 1 N–H and O–H groups in total. The standard InChI is InChI=1S/C18H24N2S/c1-14-12-19-17(21-14)13-20-18(15-8-4-2-5-9-15)16-10-6-3-7-11-16/h2,4-5,8-9,12,16,18,20H,3,6-7,10-11,13H2,1H3. The minimum Gasteiger partial charge on any atom is -0.303 e. The van der Waals surface area contributed by atoms with E-state index in [0.29, 0.717) is 6.04 Å². The Labute approximate surface area is 131 Å². The SMILES string of the molecule is Cc1cnc(CNC(c2ccccc2)C2CCCCC2)s1. The van der Waals surface area contributed by atoms with Crippen molar-refractivity contribution in [1.82, 2.24) is 10.3 Å². The van der Waals surface area contributed by atoms with Crippen molar-refractivity contribution in [3.05, 3.63) is 52.0 Å². The molecular weight excluding hydrogens is 276 g/mol. The molecule has 21 heavy (non-hydrogen) atoms. The predicted molar refractivity (Wildman–Crippen MR) is 89.4 cm³/mol. The maximum absolute atomic E-state index is 4.48. The molecule has 1 saturated carbocycles. The summed E-state index contributed by atoms with van der Waals surface area (Å²) in [5.74, 6) is 0.766. The number of rotatable bonds is 5. The molecule has 0 spiro atoms. The first kappa shape index (κ1) is 14.7. The Morgan fingerprint density at radius 1 is 1.19 bits per heavy atom. The summed E-state index contributed by atoms with van der Waals surface area (Å²) in [6.07, 6.45) is 8.84. The normalized spacial score (nSPS) is 17.8. The molecule has 0 amide bonds. The molecule has 0 bridgehead atoms. The quantitative estimate of drug-likeness (QED) is 0.852. The lowest BCUT2D eigenvalue weighted by molar-refractivity contribution is 0.270. The van der Waals surface area contributed by atoms with Crippen LogP contribution in [0.1, 0.15) is 53.6 Å². The van der Waals surface area contributed by atoms with Gasteiger partial charge in [-0.15, -0.1) is 11.3 Å². The molecule has 2 nitrogen and oxygen atoms in total. The molecule has 112 valence electrons. The summed E-state index contributed by atoms with van der Waals surface area (Å²) >= 11 is 1.80. The summed E-state index contributed by atoms with van der Waals surface area (Å²) in [4.78, 5) is 5.77. The Morgan fingerprint density at radius 3 is 2.62 bits per heavy atom. The summed E-state index contributed by atoms with van der Waals surface area (Å²) < 4.78 is 0. The van der Waals surface area contributed by atoms with E-state index in [4.69, 9.17) is 0 Å². The second kappa shape index (κ2) is 7.19. The zero-order valence-corrected chi connectivity index (χ0v) is 13.5. The Hall–Kier alpha value is -1.19. The van der Waals surface area contributed by atoms with Gasteiger partial charge in [0.15, 0.2) is 0 Å². The van der Waals surface area contributed by atoms with Crippen LogP contribution in [-0.2, 0) is 6.54 Å². The number of hydrogen-bond donors (Lipinski definition) is 1. The molecule has 1 aromatic heterocycles. The van der Waals surface area contributed by atoms with E-state index in [0.717, 1.165) is 12.5 Å². The Kier molecular flexibility index (Phi) is 5.04. The summed E-state index contributed by atoms with van der Waals surface area (Å²) in [5, 5.41) is 4.98. The second-order valence-electron chi connectivity index (χ2n) is 6.03. The van der Waals surface area contributed by atoms with Gasteiger partial charge in [0, 0.05) is 23.7 Å². The topological polar surface area (TPSA) is 24.9 Å². The lowest BCUT2D eigenvalue weighted by Crippen LogP contribution is -2.29. The molecule has 1 fully saturated rings. The van der Waals surface area contributed by atoms with Crippen molar-refractivity contribution in [2.24, 2.45) is 5.92 Å². The highest BCUT2D eigenvalue weighted by molar-refractivity contribution is 7.11. The third-order valence-electron chi connectivity index (χ3n) is 4.42. The smallest absolute Gasteiger partial charge is 0.107 e. The molecule has 1 aromatic carbocycles. The molecule has 3 rings (SSSR count).